The maximum Gasteiger partial charge on any atom is 0.285 e. The van der Waals surface area contributed by atoms with Gasteiger partial charge < -0.3 is 4.74 Å². The molecule has 1 aromatic carbocycles. The minimum atomic E-state index is -3.69. The van der Waals surface area contributed by atoms with E-state index in [-0.39, 0.29) is 11.5 Å². The molecule has 1 fully saturated rings. The average Bonchev–Trinajstić information content (AvgIpc) is 2.96. The minimum absolute atomic E-state index is 0.113. The first-order valence-corrected chi connectivity index (χ1v) is 11.0. The van der Waals surface area contributed by atoms with Crippen LogP contribution < -0.4 is 4.74 Å². The Hall–Kier alpha value is -1.90. The molecule has 1 aliphatic heterocycles. The van der Waals surface area contributed by atoms with Gasteiger partial charge in [-0.2, -0.15) is 9.40 Å². The molecule has 1 aromatic heterocycles. The summed E-state index contributed by atoms with van der Waals surface area (Å²) in [5.74, 6) is 0.571. The van der Waals surface area contributed by atoms with Crippen LogP contribution in [-0.4, -0.2) is 48.1 Å². The normalized spacial score (nSPS) is 16.3. The van der Waals surface area contributed by atoms with E-state index in [0.717, 1.165) is 17.5 Å². The van der Waals surface area contributed by atoms with Gasteiger partial charge >= 0.3 is 0 Å². The van der Waals surface area contributed by atoms with Crippen LogP contribution in [0.25, 0.3) is 0 Å². The Kier molecular flexibility index (Phi) is 6.12. The zero-order valence-corrected chi connectivity index (χ0v) is 17.8. The fourth-order valence-corrected chi connectivity index (χ4v) is 5.29. The lowest BCUT2D eigenvalue weighted by molar-refractivity contribution is 0.0818. The zero-order chi connectivity index (χ0) is 20.5. The molecule has 152 valence electrons. The van der Waals surface area contributed by atoms with Crippen LogP contribution in [0.5, 0.6) is 5.75 Å². The van der Waals surface area contributed by atoms with E-state index >= 15 is 0 Å². The highest BCUT2D eigenvalue weighted by atomic mass is 35.5. The lowest BCUT2D eigenvalue weighted by atomic mass is 10.0. The summed E-state index contributed by atoms with van der Waals surface area (Å²) in [5, 5.41) is 4.74. The summed E-state index contributed by atoms with van der Waals surface area (Å²) in [6.07, 6.45) is 1.67. The molecular formula is C19H24ClN3O4S. The summed E-state index contributed by atoms with van der Waals surface area (Å²) in [6.45, 7) is 6.04. The van der Waals surface area contributed by atoms with Gasteiger partial charge in [-0.3, -0.25) is 4.79 Å². The van der Waals surface area contributed by atoms with Crippen molar-refractivity contribution in [3.05, 3.63) is 40.7 Å². The largest absolute Gasteiger partial charge is 0.484 e. The highest BCUT2D eigenvalue weighted by Crippen LogP contribution is 2.27. The van der Waals surface area contributed by atoms with Gasteiger partial charge in [0.15, 0.2) is 6.61 Å². The van der Waals surface area contributed by atoms with Crippen LogP contribution in [0.3, 0.4) is 0 Å². The van der Waals surface area contributed by atoms with Crippen molar-refractivity contribution in [3.63, 3.8) is 0 Å². The number of halogens is 1. The molecule has 28 heavy (non-hydrogen) atoms. The lowest BCUT2D eigenvalue weighted by Crippen LogP contribution is -2.38. The molecule has 1 saturated heterocycles. The van der Waals surface area contributed by atoms with Crippen LogP contribution in [0.4, 0.5) is 0 Å². The van der Waals surface area contributed by atoms with Gasteiger partial charge in [-0.05, 0) is 56.9 Å². The van der Waals surface area contributed by atoms with Gasteiger partial charge in [0.25, 0.3) is 5.91 Å². The molecule has 9 heteroatoms. The fraction of sp³-hybridized carbons (Fsp3) is 0.474. The van der Waals surface area contributed by atoms with Gasteiger partial charge in [0.05, 0.1) is 11.4 Å². The van der Waals surface area contributed by atoms with Crippen molar-refractivity contribution < 1.29 is 17.9 Å². The Morgan fingerprint density at radius 2 is 1.82 bits per heavy atom. The van der Waals surface area contributed by atoms with Crippen LogP contribution in [0.1, 0.15) is 35.9 Å². The van der Waals surface area contributed by atoms with Crippen molar-refractivity contribution in [3.8, 4) is 5.75 Å². The molecular weight excluding hydrogens is 402 g/mol. The summed E-state index contributed by atoms with van der Waals surface area (Å²) in [7, 11) is -3.69. The molecule has 3 rings (SSSR count). The number of hydrogen-bond acceptors (Lipinski definition) is 5. The van der Waals surface area contributed by atoms with Crippen LogP contribution in [0.15, 0.2) is 29.2 Å². The molecule has 2 aromatic rings. The molecule has 0 bridgehead atoms. The number of sulfonamides is 1. The minimum Gasteiger partial charge on any atom is -0.484 e. The van der Waals surface area contributed by atoms with E-state index in [1.54, 1.807) is 38.1 Å². The quantitative estimate of drug-likeness (QED) is 0.734. The SMILES string of the molecule is Cc1nn(C(=O)COc2ccc(Cl)cc2)c(C)c1S(=O)(=O)N1CCC(C)CC1. The average molecular weight is 426 g/mol. The number of aromatic nitrogens is 2. The highest BCUT2D eigenvalue weighted by molar-refractivity contribution is 7.89. The Morgan fingerprint density at radius 1 is 1.21 bits per heavy atom. The Morgan fingerprint density at radius 3 is 2.43 bits per heavy atom. The van der Waals surface area contributed by atoms with Gasteiger partial charge in [-0.25, -0.2) is 13.1 Å². The van der Waals surface area contributed by atoms with Crippen molar-refractivity contribution in [1.82, 2.24) is 14.1 Å². The molecule has 0 atom stereocenters. The molecule has 0 N–H and O–H groups in total. The van der Waals surface area contributed by atoms with Gasteiger partial charge in [0.2, 0.25) is 10.0 Å². The Balaban J connectivity index is 1.79. The number of nitrogens with zero attached hydrogens (tertiary/aromatic N) is 3. The number of carbonyl (C=O) groups is 1. The van der Waals surface area contributed by atoms with Crippen LogP contribution in [0.2, 0.25) is 5.02 Å². The third-order valence-electron chi connectivity index (χ3n) is 4.98. The number of piperidine rings is 1. The third-order valence-corrected chi connectivity index (χ3v) is 7.38. The lowest BCUT2D eigenvalue weighted by Gasteiger charge is -2.29. The van der Waals surface area contributed by atoms with E-state index in [1.807, 2.05) is 0 Å². The monoisotopic (exact) mass is 425 g/mol. The number of carbonyl (C=O) groups excluding carboxylic acids is 1. The van der Waals surface area contributed by atoms with Crippen molar-refractivity contribution in [2.45, 2.75) is 38.5 Å². The summed E-state index contributed by atoms with van der Waals surface area (Å²) in [4.78, 5) is 12.7. The summed E-state index contributed by atoms with van der Waals surface area (Å²) < 4.78 is 34.3. The van der Waals surface area contributed by atoms with Crippen molar-refractivity contribution in [2.24, 2.45) is 5.92 Å². The first-order chi connectivity index (χ1) is 13.2. The molecule has 7 nitrogen and oxygen atoms in total. The highest BCUT2D eigenvalue weighted by Gasteiger charge is 2.33. The first-order valence-electron chi connectivity index (χ1n) is 9.18. The second-order valence-corrected chi connectivity index (χ2v) is 9.45. The van der Waals surface area contributed by atoms with Gasteiger partial charge in [0, 0.05) is 18.1 Å². The van der Waals surface area contributed by atoms with E-state index in [4.69, 9.17) is 16.3 Å². The fourth-order valence-electron chi connectivity index (χ4n) is 3.34. The standard InChI is InChI=1S/C19H24ClN3O4S/c1-13-8-10-22(11-9-13)28(25,26)19-14(2)21-23(15(19)3)18(24)12-27-17-6-4-16(20)5-7-17/h4-7,13H,8-12H2,1-3H3. The Bertz CT molecular complexity index is 962. The molecule has 0 amide bonds. The van der Waals surface area contributed by atoms with E-state index in [9.17, 15) is 13.2 Å². The number of aryl methyl sites for hydroxylation is 1. The molecule has 0 radical (unpaired) electrons. The number of ether oxygens (including phenoxy) is 1. The van der Waals surface area contributed by atoms with Crippen LogP contribution in [-0.2, 0) is 10.0 Å². The second kappa shape index (κ2) is 8.23. The van der Waals surface area contributed by atoms with E-state index in [0.29, 0.717) is 41.2 Å². The molecule has 1 aliphatic rings. The summed E-state index contributed by atoms with van der Waals surface area (Å²) in [5.41, 5.74) is 0.622. The van der Waals surface area contributed by atoms with Crippen molar-refractivity contribution in [1.29, 1.82) is 0 Å². The van der Waals surface area contributed by atoms with Crippen molar-refractivity contribution in [2.75, 3.05) is 19.7 Å². The smallest absolute Gasteiger partial charge is 0.285 e. The van der Waals surface area contributed by atoms with Gasteiger partial charge in [0.1, 0.15) is 10.6 Å². The predicted octanol–water partition coefficient (Wildman–Crippen LogP) is 3.29. The number of benzene rings is 1. The van der Waals surface area contributed by atoms with E-state index in [1.165, 1.54) is 4.31 Å². The molecule has 0 saturated carbocycles. The first kappa shape index (κ1) is 20.8. The predicted molar refractivity (Wildman–Crippen MR) is 106 cm³/mol. The maximum atomic E-state index is 13.1. The molecule has 0 unspecified atom stereocenters. The number of hydrogen-bond donors (Lipinski definition) is 0. The molecule has 0 aliphatic carbocycles. The number of rotatable bonds is 5. The Labute approximate surface area is 170 Å². The van der Waals surface area contributed by atoms with Gasteiger partial charge in [-0.1, -0.05) is 18.5 Å². The second-order valence-electron chi connectivity index (χ2n) is 7.13. The van der Waals surface area contributed by atoms with E-state index < -0.39 is 15.9 Å². The summed E-state index contributed by atoms with van der Waals surface area (Å²) >= 11 is 5.83. The van der Waals surface area contributed by atoms with Crippen LogP contribution >= 0.6 is 11.6 Å². The van der Waals surface area contributed by atoms with Crippen LogP contribution in [0, 0.1) is 19.8 Å². The zero-order valence-electron chi connectivity index (χ0n) is 16.2. The van der Waals surface area contributed by atoms with Crippen molar-refractivity contribution >= 4 is 27.5 Å². The maximum absolute atomic E-state index is 13.1. The van der Waals surface area contributed by atoms with E-state index in [2.05, 4.69) is 12.0 Å². The topological polar surface area (TPSA) is 81.5 Å². The molecule has 2 heterocycles. The third kappa shape index (κ3) is 4.24. The summed E-state index contributed by atoms with van der Waals surface area (Å²) in [6, 6.07) is 6.64. The molecule has 0 spiro atoms. The van der Waals surface area contributed by atoms with Gasteiger partial charge in [-0.15, -0.1) is 0 Å².